The summed E-state index contributed by atoms with van der Waals surface area (Å²) >= 11 is 1.37. The maximum atomic E-state index is 13.5. The molecule has 0 atom stereocenters. The van der Waals surface area contributed by atoms with Crippen LogP contribution in [0.25, 0.3) is 10.8 Å². The van der Waals surface area contributed by atoms with Gasteiger partial charge in [0.2, 0.25) is 11.7 Å². The number of methoxy groups -OCH3 is 1. The summed E-state index contributed by atoms with van der Waals surface area (Å²) in [4.78, 5) is 23.9. The minimum Gasteiger partial charge on any atom is -0.483 e. The average molecular weight is 443 g/mol. The van der Waals surface area contributed by atoms with Crippen LogP contribution in [0.4, 0.5) is 19.4 Å². The van der Waals surface area contributed by atoms with Gasteiger partial charge in [-0.1, -0.05) is 0 Å². The van der Waals surface area contributed by atoms with E-state index in [1.54, 1.807) is 0 Å². The number of aromatic nitrogens is 3. The lowest BCUT2D eigenvalue weighted by Crippen LogP contribution is -2.32. The van der Waals surface area contributed by atoms with Crippen LogP contribution in [0.15, 0.2) is 5.38 Å². The number of amides is 1. The number of aryl methyl sites for hydroxylation is 1. The van der Waals surface area contributed by atoms with Gasteiger partial charge in [-0.25, -0.2) is 23.5 Å². The topological polar surface area (TPSA) is 118 Å². The van der Waals surface area contributed by atoms with Crippen LogP contribution in [0.5, 0.6) is 11.6 Å². The van der Waals surface area contributed by atoms with E-state index in [1.165, 1.54) is 18.4 Å². The SMILES string of the molecule is COc1nc(-c2nc(C)cs2)nc(NC2CCC(F)(F)CC2)c1OCCNC(=O)O. The highest BCUT2D eigenvalue weighted by atomic mass is 32.1. The number of alkyl halides is 2. The smallest absolute Gasteiger partial charge is 0.404 e. The third-order valence-corrected chi connectivity index (χ3v) is 5.48. The highest BCUT2D eigenvalue weighted by molar-refractivity contribution is 7.13. The first-order valence-corrected chi connectivity index (χ1v) is 10.3. The van der Waals surface area contributed by atoms with Crippen molar-refractivity contribution in [2.24, 2.45) is 0 Å². The van der Waals surface area contributed by atoms with Crippen LogP contribution in [0.2, 0.25) is 0 Å². The van der Waals surface area contributed by atoms with Crippen molar-refractivity contribution in [1.29, 1.82) is 0 Å². The predicted octanol–water partition coefficient (Wildman–Crippen LogP) is 3.55. The van der Waals surface area contributed by atoms with Crippen LogP contribution < -0.4 is 20.1 Å². The zero-order chi connectivity index (χ0) is 21.7. The van der Waals surface area contributed by atoms with Crippen LogP contribution in [0.3, 0.4) is 0 Å². The Bertz CT molecular complexity index is 885. The molecule has 0 aromatic carbocycles. The maximum absolute atomic E-state index is 13.5. The van der Waals surface area contributed by atoms with E-state index in [9.17, 15) is 13.6 Å². The molecule has 12 heteroatoms. The first-order valence-electron chi connectivity index (χ1n) is 9.40. The van der Waals surface area contributed by atoms with Gasteiger partial charge in [0.1, 0.15) is 6.61 Å². The third-order valence-electron chi connectivity index (χ3n) is 4.52. The van der Waals surface area contributed by atoms with Crippen molar-refractivity contribution in [2.45, 2.75) is 44.6 Å². The molecule has 2 aromatic rings. The molecule has 0 saturated heterocycles. The molecule has 30 heavy (non-hydrogen) atoms. The van der Waals surface area contributed by atoms with E-state index in [1.807, 2.05) is 12.3 Å². The number of carboxylic acid groups (broad SMARTS) is 1. The maximum Gasteiger partial charge on any atom is 0.404 e. The van der Waals surface area contributed by atoms with Gasteiger partial charge < -0.3 is 25.2 Å². The molecule has 3 rings (SSSR count). The summed E-state index contributed by atoms with van der Waals surface area (Å²) in [6.07, 6.45) is -1.01. The largest absolute Gasteiger partial charge is 0.483 e. The van der Waals surface area contributed by atoms with Crippen molar-refractivity contribution in [2.75, 3.05) is 25.6 Å². The number of carbonyl (C=O) groups is 1. The van der Waals surface area contributed by atoms with Gasteiger partial charge in [-0.2, -0.15) is 4.98 Å². The molecule has 1 aliphatic rings. The number of anilines is 1. The third kappa shape index (κ3) is 5.65. The van der Waals surface area contributed by atoms with Crippen LogP contribution in [-0.4, -0.2) is 58.4 Å². The van der Waals surface area contributed by atoms with Crippen LogP contribution in [0.1, 0.15) is 31.4 Å². The van der Waals surface area contributed by atoms with Crippen LogP contribution in [0, 0.1) is 6.92 Å². The number of nitrogens with zero attached hydrogens (tertiary/aromatic N) is 3. The second-order valence-corrected chi connectivity index (χ2v) is 7.74. The fraction of sp³-hybridized carbons (Fsp3) is 0.556. The fourth-order valence-electron chi connectivity index (χ4n) is 3.04. The number of hydrogen-bond donors (Lipinski definition) is 3. The van der Waals surface area contributed by atoms with E-state index in [4.69, 9.17) is 14.6 Å². The van der Waals surface area contributed by atoms with Gasteiger partial charge in [-0.15, -0.1) is 11.3 Å². The number of nitrogens with one attached hydrogen (secondary N) is 2. The molecular weight excluding hydrogens is 420 g/mol. The van der Waals surface area contributed by atoms with Crippen molar-refractivity contribution in [1.82, 2.24) is 20.3 Å². The molecule has 3 N–H and O–H groups in total. The standard InChI is InChI=1S/C18H23F2N5O4S/c1-10-9-30-16(22-10)14-24-13(23-11-3-5-18(19,20)6-4-11)12(15(25-14)28-2)29-8-7-21-17(26)27/h9,11,21H,3-8H2,1-2H3,(H,26,27)(H,23,24,25). The first-order chi connectivity index (χ1) is 14.3. The van der Waals surface area contributed by atoms with Crippen molar-refractivity contribution >= 4 is 23.2 Å². The monoisotopic (exact) mass is 443 g/mol. The Morgan fingerprint density at radius 3 is 2.67 bits per heavy atom. The van der Waals surface area contributed by atoms with Crippen LogP contribution >= 0.6 is 11.3 Å². The molecule has 1 saturated carbocycles. The molecule has 0 radical (unpaired) electrons. The summed E-state index contributed by atoms with van der Waals surface area (Å²) in [6, 6.07) is -0.213. The second-order valence-electron chi connectivity index (χ2n) is 6.88. The Labute approximate surface area is 175 Å². The average Bonchev–Trinajstić information content (AvgIpc) is 3.13. The first kappa shape index (κ1) is 21.9. The minimum absolute atomic E-state index is 0.0130. The molecule has 164 valence electrons. The number of thiazole rings is 1. The lowest BCUT2D eigenvalue weighted by molar-refractivity contribution is -0.0361. The minimum atomic E-state index is -2.65. The molecule has 0 spiro atoms. The molecule has 1 amide bonds. The quantitative estimate of drug-likeness (QED) is 0.530. The summed E-state index contributed by atoms with van der Waals surface area (Å²) in [5.41, 5.74) is 0.821. The fourth-order valence-corrected chi connectivity index (χ4v) is 3.77. The van der Waals surface area contributed by atoms with E-state index in [0.717, 1.165) is 5.69 Å². The highest BCUT2D eigenvalue weighted by Gasteiger charge is 2.35. The molecule has 1 fully saturated rings. The molecule has 2 heterocycles. The highest BCUT2D eigenvalue weighted by Crippen LogP contribution is 2.39. The van der Waals surface area contributed by atoms with Crippen molar-refractivity contribution in [3.63, 3.8) is 0 Å². The lowest BCUT2D eigenvalue weighted by Gasteiger charge is -2.29. The normalized spacial score (nSPS) is 16.1. The van der Waals surface area contributed by atoms with E-state index >= 15 is 0 Å². The summed E-state index contributed by atoms with van der Waals surface area (Å²) < 4.78 is 38.1. The van der Waals surface area contributed by atoms with E-state index in [0.29, 0.717) is 16.6 Å². The van der Waals surface area contributed by atoms with Gasteiger partial charge in [-0.05, 0) is 19.8 Å². The predicted molar refractivity (Wildman–Crippen MR) is 107 cm³/mol. The zero-order valence-corrected chi connectivity index (χ0v) is 17.4. The van der Waals surface area contributed by atoms with Gasteiger partial charge in [0, 0.05) is 30.0 Å². The van der Waals surface area contributed by atoms with Gasteiger partial charge in [0.05, 0.1) is 13.7 Å². The van der Waals surface area contributed by atoms with Gasteiger partial charge in [-0.3, -0.25) is 0 Å². The molecule has 9 nitrogen and oxygen atoms in total. The number of rotatable bonds is 8. The number of ether oxygens (including phenoxy) is 2. The number of hydrogen-bond acceptors (Lipinski definition) is 8. The lowest BCUT2D eigenvalue weighted by atomic mass is 9.92. The van der Waals surface area contributed by atoms with E-state index in [2.05, 4.69) is 25.6 Å². The summed E-state index contributed by atoms with van der Waals surface area (Å²) in [5.74, 6) is -1.68. The van der Waals surface area contributed by atoms with E-state index < -0.39 is 12.0 Å². The Morgan fingerprint density at radius 2 is 2.07 bits per heavy atom. The summed E-state index contributed by atoms with van der Waals surface area (Å²) in [6.45, 7) is 1.91. The van der Waals surface area contributed by atoms with Crippen molar-refractivity contribution < 1.29 is 28.2 Å². The molecule has 1 aliphatic carbocycles. The molecule has 2 aromatic heterocycles. The Kier molecular flexibility index (Phi) is 6.85. The van der Waals surface area contributed by atoms with Crippen molar-refractivity contribution in [3.8, 4) is 22.5 Å². The molecular formula is C18H23F2N5O4S. The summed E-state index contributed by atoms with van der Waals surface area (Å²) in [5, 5.41) is 16.5. The van der Waals surface area contributed by atoms with Gasteiger partial charge in [0.25, 0.3) is 5.88 Å². The Hall–Kier alpha value is -2.76. The van der Waals surface area contributed by atoms with E-state index in [-0.39, 0.29) is 56.5 Å². The molecule has 0 bridgehead atoms. The number of halogens is 2. The zero-order valence-electron chi connectivity index (χ0n) is 16.6. The second kappa shape index (κ2) is 9.37. The molecule has 0 unspecified atom stereocenters. The Balaban J connectivity index is 1.87. The van der Waals surface area contributed by atoms with Gasteiger partial charge >= 0.3 is 6.09 Å². The van der Waals surface area contributed by atoms with Gasteiger partial charge in [0.15, 0.2) is 16.6 Å². The Morgan fingerprint density at radius 1 is 1.33 bits per heavy atom. The molecule has 0 aliphatic heterocycles. The van der Waals surface area contributed by atoms with Crippen molar-refractivity contribution in [3.05, 3.63) is 11.1 Å². The summed E-state index contributed by atoms with van der Waals surface area (Å²) in [7, 11) is 1.42. The van der Waals surface area contributed by atoms with Crippen LogP contribution in [-0.2, 0) is 0 Å².